The number of thioether (sulfide) groups is 1. The van der Waals surface area contributed by atoms with Crippen molar-refractivity contribution in [3.63, 3.8) is 0 Å². The monoisotopic (exact) mass is 395 g/mol. The molecule has 2 aromatic heterocycles. The molecule has 0 fully saturated rings. The number of ether oxygens (including phenoxy) is 1. The van der Waals surface area contributed by atoms with Crippen LogP contribution in [0.25, 0.3) is 21.8 Å². The van der Waals surface area contributed by atoms with Gasteiger partial charge in [-0.25, -0.2) is 4.98 Å². The lowest BCUT2D eigenvalue weighted by Crippen LogP contribution is -2.27. The Kier molecular flexibility index (Phi) is 5.18. The van der Waals surface area contributed by atoms with Crippen LogP contribution in [0.5, 0.6) is 0 Å². The molecule has 0 aliphatic heterocycles. The van der Waals surface area contributed by atoms with E-state index in [4.69, 9.17) is 4.74 Å². The zero-order valence-electron chi connectivity index (χ0n) is 15.1. The molecule has 2 aromatic carbocycles. The molecular formula is C19H17N5O3S. The molecule has 9 heteroatoms. The van der Waals surface area contributed by atoms with E-state index in [2.05, 4.69) is 15.3 Å². The Hall–Kier alpha value is -3.04. The molecule has 28 heavy (non-hydrogen) atoms. The topological polar surface area (TPSA) is 91.9 Å². The van der Waals surface area contributed by atoms with Gasteiger partial charge in [0.1, 0.15) is 5.52 Å². The summed E-state index contributed by atoms with van der Waals surface area (Å²) in [5, 5.41) is 9.63. The highest BCUT2D eigenvalue weighted by Crippen LogP contribution is 2.19. The molecule has 142 valence electrons. The van der Waals surface area contributed by atoms with Crippen LogP contribution in [-0.4, -0.2) is 38.3 Å². The lowest BCUT2D eigenvalue weighted by atomic mass is 10.2. The molecule has 0 spiro atoms. The van der Waals surface area contributed by atoms with E-state index in [-0.39, 0.29) is 17.0 Å². The van der Waals surface area contributed by atoms with Crippen LogP contribution in [0.4, 0.5) is 0 Å². The second kappa shape index (κ2) is 7.91. The van der Waals surface area contributed by atoms with Crippen molar-refractivity contribution in [1.29, 1.82) is 0 Å². The summed E-state index contributed by atoms with van der Waals surface area (Å²) in [7, 11) is 1.58. The molecule has 0 saturated carbocycles. The Labute approximate surface area is 163 Å². The first kappa shape index (κ1) is 18.3. The fourth-order valence-electron chi connectivity index (χ4n) is 2.86. The van der Waals surface area contributed by atoms with Crippen molar-refractivity contribution in [3.8, 4) is 0 Å². The normalized spacial score (nSPS) is 11.3. The summed E-state index contributed by atoms with van der Waals surface area (Å²) in [5.41, 5.74) is 0.793. The molecule has 0 atom stereocenters. The van der Waals surface area contributed by atoms with Gasteiger partial charge in [-0.15, -0.1) is 5.10 Å². The Balaban J connectivity index is 1.72. The maximum atomic E-state index is 12.9. The van der Waals surface area contributed by atoms with Gasteiger partial charge in [-0.3, -0.25) is 14.2 Å². The molecule has 0 N–H and O–H groups in total. The second-order valence-electron chi connectivity index (χ2n) is 6.05. The number of rotatable bonds is 6. The zero-order valence-corrected chi connectivity index (χ0v) is 15.9. The standard InChI is InChI=1S/C19H17N5O3S/c1-27-11-10-23-17(25)13-6-2-4-8-15(13)20-19(23)28-12-24-18(26)14-7-3-5-9-16(14)21-22-24/h2-9H,10-12H2,1H3. The number of hydrogen-bond donors (Lipinski definition) is 0. The van der Waals surface area contributed by atoms with E-state index in [1.165, 1.54) is 16.4 Å². The van der Waals surface area contributed by atoms with E-state index >= 15 is 0 Å². The summed E-state index contributed by atoms with van der Waals surface area (Å²) in [6, 6.07) is 14.3. The number of para-hydroxylation sites is 1. The van der Waals surface area contributed by atoms with E-state index < -0.39 is 0 Å². The lowest BCUT2D eigenvalue weighted by Gasteiger charge is -2.13. The Morgan fingerprint density at radius 1 is 0.964 bits per heavy atom. The third-order valence-electron chi connectivity index (χ3n) is 4.29. The molecule has 2 heterocycles. The number of fused-ring (bicyclic) bond motifs is 2. The van der Waals surface area contributed by atoms with E-state index in [0.29, 0.717) is 40.1 Å². The van der Waals surface area contributed by atoms with Gasteiger partial charge in [0.2, 0.25) is 0 Å². The van der Waals surface area contributed by atoms with Crippen LogP contribution in [0.15, 0.2) is 63.3 Å². The molecule has 0 radical (unpaired) electrons. The smallest absolute Gasteiger partial charge is 0.278 e. The number of nitrogens with zero attached hydrogens (tertiary/aromatic N) is 5. The first-order valence-electron chi connectivity index (χ1n) is 8.63. The maximum absolute atomic E-state index is 12.9. The van der Waals surface area contributed by atoms with Crippen LogP contribution in [0.1, 0.15) is 0 Å². The van der Waals surface area contributed by atoms with E-state index in [1.54, 1.807) is 42.0 Å². The molecule has 0 bridgehead atoms. The first-order chi connectivity index (χ1) is 13.7. The van der Waals surface area contributed by atoms with Crippen molar-refractivity contribution in [2.24, 2.45) is 0 Å². The molecule has 0 amide bonds. The maximum Gasteiger partial charge on any atom is 0.278 e. The van der Waals surface area contributed by atoms with Crippen molar-refractivity contribution in [2.45, 2.75) is 17.6 Å². The average molecular weight is 395 g/mol. The van der Waals surface area contributed by atoms with Crippen LogP contribution in [-0.2, 0) is 17.2 Å². The molecular weight excluding hydrogens is 378 g/mol. The minimum Gasteiger partial charge on any atom is -0.383 e. The summed E-state index contributed by atoms with van der Waals surface area (Å²) >= 11 is 1.26. The third kappa shape index (κ3) is 3.41. The summed E-state index contributed by atoms with van der Waals surface area (Å²) in [4.78, 5) is 30.1. The van der Waals surface area contributed by atoms with Crippen molar-refractivity contribution in [3.05, 3.63) is 69.2 Å². The van der Waals surface area contributed by atoms with Gasteiger partial charge >= 0.3 is 0 Å². The number of benzene rings is 2. The SMILES string of the molecule is COCCn1c(SCn2nnc3ccccc3c2=O)nc2ccccc2c1=O. The number of methoxy groups -OCH3 is 1. The van der Waals surface area contributed by atoms with Gasteiger partial charge < -0.3 is 4.74 Å². The molecule has 4 aromatic rings. The second-order valence-corrected chi connectivity index (χ2v) is 6.96. The minimum absolute atomic E-state index is 0.137. The number of aromatic nitrogens is 5. The van der Waals surface area contributed by atoms with Gasteiger partial charge in [0, 0.05) is 7.11 Å². The highest BCUT2D eigenvalue weighted by Gasteiger charge is 2.13. The largest absolute Gasteiger partial charge is 0.383 e. The molecule has 0 aliphatic carbocycles. The summed E-state index contributed by atoms with van der Waals surface area (Å²) in [5.74, 6) is 0.189. The first-order valence-corrected chi connectivity index (χ1v) is 9.61. The van der Waals surface area contributed by atoms with Gasteiger partial charge in [-0.1, -0.05) is 41.2 Å². The Bertz CT molecular complexity index is 1270. The van der Waals surface area contributed by atoms with Gasteiger partial charge in [0.15, 0.2) is 5.16 Å². The van der Waals surface area contributed by atoms with Crippen molar-refractivity contribution in [2.75, 3.05) is 13.7 Å². The summed E-state index contributed by atoms with van der Waals surface area (Å²) in [6.45, 7) is 0.747. The van der Waals surface area contributed by atoms with Crippen molar-refractivity contribution in [1.82, 2.24) is 24.5 Å². The predicted molar refractivity (Wildman–Crippen MR) is 108 cm³/mol. The van der Waals surface area contributed by atoms with Crippen LogP contribution in [0, 0.1) is 0 Å². The Morgan fingerprint density at radius 2 is 1.64 bits per heavy atom. The number of hydrogen-bond acceptors (Lipinski definition) is 7. The quantitative estimate of drug-likeness (QED) is 0.364. The summed E-state index contributed by atoms with van der Waals surface area (Å²) in [6.07, 6.45) is 0. The molecule has 0 saturated heterocycles. The molecule has 0 unspecified atom stereocenters. The lowest BCUT2D eigenvalue weighted by molar-refractivity contribution is 0.183. The zero-order chi connectivity index (χ0) is 19.5. The van der Waals surface area contributed by atoms with Crippen LogP contribution in [0.3, 0.4) is 0 Å². The van der Waals surface area contributed by atoms with Gasteiger partial charge in [-0.2, -0.15) is 4.68 Å². The van der Waals surface area contributed by atoms with Crippen LogP contribution in [0.2, 0.25) is 0 Å². The van der Waals surface area contributed by atoms with Crippen LogP contribution < -0.4 is 11.1 Å². The van der Waals surface area contributed by atoms with E-state index in [1.807, 2.05) is 18.2 Å². The van der Waals surface area contributed by atoms with Crippen molar-refractivity contribution < 1.29 is 4.74 Å². The highest BCUT2D eigenvalue weighted by atomic mass is 32.2. The molecule has 4 rings (SSSR count). The third-order valence-corrected chi connectivity index (χ3v) is 5.23. The van der Waals surface area contributed by atoms with Gasteiger partial charge in [-0.05, 0) is 24.3 Å². The van der Waals surface area contributed by atoms with Crippen LogP contribution >= 0.6 is 11.8 Å². The van der Waals surface area contributed by atoms with Gasteiger partial charge in [0.25, 0.3) is 11.1 Å². The average Bonchev–Trinajstić information content (AvgIpc) is 2.73. The Morgan fingerprint density at radius 3 is 2.39 bits per heavy atom. The van der Waals surface area contributed by atoms with E-state index in [0.717, 1.165) is 0 Å². The predicted octanol–water partition coefficient (Wildman–Crippen LogP) is 1.90. The highest BCUT2D eigenvalue weighted by molar-refractivity contribution is 7.98. The molecule has 0 aliphatic rings. The van der Waals surface area contributed by atoms with Crippen molar-refractivity contribution >= 4 is 33.6 Å². The minimum atomic E-state index is -0.232. The van der Waals surface area contributed by atoms with E-state index in [9.17, 15) is 9.59 Å². The summed E-state index contributed by atoms with van der Waals surface area (Å²) < 4.78 is 7.96. The fourth-order valence-corrected chi connectivity index (χ4v) is 3.76. The van der Waals surface area contributed by atoms with Gasteiger partial charge in [0.05, 0.1) is 35.3 Å². The molecule has 8 nitrogen and oxygen atoms in total. The fraction of sp³-hybridized carbons (Fsp3) is 0.211.